The van der Waals surface area contributed by atoms with Crippen molar-refractivity contribution in [2.75, 3.05) is 6.61 Å². The SMILES string of the molecule is CCCc1ccc(Oc2ccc(OC[C@H](C)CC(C)=O)cc2)c(Cl)c1. The molecule has 0 aliphatic heterocycles. The van der Waals surface area contributed by atoms with Gasteiger partial charge in [0.15, 0.2) is 0 Å². The minimum absolute atomic E-state index is 0.182. The van der Waals surface area contributed by atoms with Crippen molar-refractivity contribution in [1.29, 1.82) is 0 Å². The molecule has 1 atom stereocenters. The highest BCUT2D eigenvalue weighted by Crippen LogP contribution is 2.31. The molecule has 25 heavy (non-hydrogen) atoms. The maximum atomic E-state index is 11.1. The van der Waals surface area contributed by atoms with Crippen LogP contribution in [0.5, 0.6) is 17.2 Å². The van der Waals surface area contributed by atoms with Crippen molar-refractivity contribution in [3.05, 3.63) is 53.1 Å². The van der Waals surface area contributed by atoms with Crippen LogP contribution in [0.2, 0.25) is 5.02 Å². The van der Waals surface area contributed by atoms with Crippen molar-refractivity contribution in [3.8, 4) is 17.2 Å². The molecule has 0 bridgehead atoms. The van der Waals surface area contributed by atoms with Crippen LogP contribution in [0.15, 0.2) is 42.5 Å². The lowest BCUT2D eigenvalue weighted by Gasteiger charge is -2.13. The maximum Gasteiger partial charge on any atom is 0.146 e. The zero-order valence-electron chi connectivity index (χ0n) is 15.0. The number of carbonyl (C=O) groups is 1. The topological polar surface area (TPSA) is 35.5 Å². The van der Waals surface area contributed by atoms with Crippen LogP contribution >= 0.6 is 11.6 Å². The predicted molar refractivity (Wildman–Crippen MR) is 102 cm³/mol. The molecule has 0 fully saturated rings. The molecule has 0 aromatic heterocycles. The number of hydrogen-bond acceptors (Lipinski definition) is 3. The number of benzene rings is 2. The zero-order chi connectivity index (χ0) is 18.2. The van der Waals surface area contributed by atoms with Crippen LogP contribution in [0.4, 0.5) is 0 Å². The lowest BCUT2D eigenvalue weighted by Crippen LogP contribution is -2.11. The molecule has 0 amide bonds. The van der Waals surface area contributed by atoms with Crippen molar-refractivity contribution in [3.63, 3.8) is 0 Å². The lowest BCUT2D eigenvalue weighted by atomic mass is 10.1. The Bertz CT molecular complexity index is 695. The normalized spacial score (nSPS) is 11.8. The molecule has 2 aromatic carbocycles. The molecule has 134 valence electrons. The smallest absolute Gasteiger partial charge is 0.146 e. The van der Waals surface area contributed by atoms with E-state index in [0.717, 1.165) is 18.6 Å². The van der Waals surface area contributed by atoms with Gasteiger partial charge < -0.3 is 14.3 Å². The summed E-state index contributed by atoms with van der Waals surface area (Å²) in [6.07, 6.45) is 2.63. The van der Waals surface area contributed by atoms with E-state index in [1.807, 2.05) is 49.4 Å². The van der Waals surface area contributed by atoms with Gasteiger partial charge in [-0.25, -0.2) is 0 Å². The van der Waals surface area contributed by atoms with Crippen molar-refractivity contribution >= 4 is 17.4 Å². The van der Waals surface area contributed by atoms with Gasteiger partial charge in [0, 0.05) is 6.42 Å². The molecular formula is C21H25ClO3. The minimum Gasteiger partial charge on any atom is -0.493 e. The van der Waals surface area contributed by atoms with E-state index in [2.05, 4.69) is 6.92 Å². The fourth-order valence-corrected chi connectivity index (χ4v) is 2.83. The Hall–Kier alpha value is -2.00. The Morgan fingerprint density at radius 2 is 1.80 bits per heavy atom. The Morgan fingerprint density at radius 1 is 1.12 bits per heavy atom. The standard InChI is InChI=1S/C21H25ClO3/c1-4-5-17-6-11-21(20(22)13-17)25-19-9-7-18(8-10-19)24-14-15(2)12-16(3)23/h6-11,13,15H,4-5,12,14H2,1-3H3/t15-/m1/s1. The summed E-state index contributed by atoms with van der Waals surface area (Å²) in [4.78, 5) is 11.1. The number of Topliss-reactive ketones (excluding diaryl/α,β-unsaturated/α-hetero) is 1. The van der Waals surface area contributed by atoms with Gasteiger partial charge in [0.05, 0.1) is 11.6 Å². The maximum absolute atomic E-state index is 11.1. The van der Waals surface area contributed by atoms with E-state index in [9.17, 15) is 4.79 Å². The van der Waals surface area contributed by atoms with E-state index < -0.39 is 0 Å². The first-order chi connectivity index (χ1) is 12.0. The monoisotopic (exact) mass is 360 g/mol. The fraction of sp³-hybridized carbons (Fsp3) is 0.381. The van der Waals surface area contributed by atoms with E-state index in [4.69, 9.17) is 21.1 Å². The average molecular weight is 361 g/mol. The first-order valence-corrected chi connectivity index (χ1v) is 9.04. The van der Waals surface area contributed by atoms with Gasteiger partial charge in [-0.05, 0) is 61.2 Å². The second-order valence-electron chi connectivity index (χ2n) is 6.41. The summed E-state index contributed by atoms with van der Waals surface area (Å²) in [6, 6.07) is 13.3. The molecule has 0 radical (unpaired) electrons. The van der Waals surface area contributed by atoms with Crippen LogP contribution in [0, 0.1) is 5.92 Å². The number of carbonyl (C=O) groups excluding carboxylic acids is 1. The highest BCUT2D eigenvalue weighted by molar-refractivity contribution is 6.32. The molecule has 3 nitrogen and oxygen atoms in total. The first kappa shape index (κ1) is 19.3. The zero-order valence-corrected chi connectivity index (χ0v) is 15.8. The summed E-state index contributed by atoms with van der Waals surface area (Å²) in [5, 5.41) is 0.615. The molecule has 0 saturated carbocycles. The van der Waals surface area contributed by atoms with Gasteiger partial charge in [0.25, 0.3) is 0 Å². The molecule has 2 aromatic rings. The minimum atomic E-state index is 0.182. The second kappa shape index (κ2) is 9.47. The van der Waals surface area contributed by atoms with Crippen LogP contribution in [0.3, 0.4) is 0 Å². The van der Waals surface area contributed by atoms with E-state index >= 15 is 0 Å². The van der Waals surface area contributed by atoms with Crippen LogP contribution in [0.25, 0.3) is 0 Å². The first-order valence-electron chi connectivity index (χ1n) is 8.66. The van der Waals surface area contributed by atoms with Gasteiger partial charge in [-0.1, -0.05) is 37.9 Å². The molecule has 0 N–H and O–H groups in total. The summed E-state index contributed by atoms with van der Waals surface area (Å²) in [6.45, 7) is 6.26. The highest BCUT2D eigenvalue weighted by Gasteiger charge is 2.08. The lowest BCUT2D eigenvalue weighted by molar-refractivity contribution is -0.118. The quantitative estimate of drug-likeness (QED) is 0.543. The third kappa shape index (κ3) is 6.43. The van der Waals surface area contributed by atoms with Gasteiger partial charge in [-0.2, -0.15) is 0 Å². The van der Waals surface area contributed by atoms with Gasteiger partial charge in [-0.3, -0.25) is 0 Å². The number of ether oxygens (including phenoxy) is 2. The van der Waals surface area contributed by atoms with Gasteiger partial charge >= 0.3 is 0 Å². The van der Waals surface area contributed by atoms with Gasteiger partial charge in [0.2, 0.25) is 0 Å². The Kier molecular flexibility index (Phi) is 7.32. The Balaban J connectivity index is 1.93. The van der Waals surface area contributed by atoms with Crippen LogP contribution < -0.4 is 9.47 Å². The average Bonchev–Trinajstić information content (AvgIpc) is 2.56. The molecule has 4 heteroatoms. The Labute approximate surface area is 154 Å². The van der Waals surface area contributed by atoms with Crippen LogP contribution in [-0.2, 0) is 11.2 Å². The summed E-state index contributed by atoms with van der Waals surface area (Å²) >= 11 is 6.30. The van der Waals surface area contributed by atoms with Gasteiger partial charge in [-0.15, -0.1) is 0 Å². The molecular weight excluding hydrogens is 336 g/mol. The second-order valence-corrected chi connectivity index (χ2v) is 6.82. The van der Waals surface area contributed by atoms with Crippen LogP contribution in [-0.4, -0.2) is 12.4 Å². The third-order valence-corrected chi connectivity index (χ3v) is 4.05. The molecule has 0 aliphatic rings. The van der Waals surface area contributed by atoms with Crippen molar-refractivity contribution < 1.29 is 14.3 Å². The fourth-order valence-electron chi connectivity index (χ4n) is 2.59. The molecule has 0 saturated heterocycles. The van der Waals surface area contributed by atoms with Crippen molar-refractivity contribution in [2.45, 2.75) is 40.0 Å². The summed E-state index contributed by atoms with van der Waals surface area (Å²) < 4.78 is 11.5. The Morgan fingerprint density at radius 3 is 2.40 bits per heavy atom. The third-order valence-electron chi connectivity index (χ3n) is 3.76. The molecule has 0 aliphatic carbocycles. The van der Waals surface area contributed by atoms with E-state index in [1.165, 1.54) is 5.56 Å². The van der Waals surface area contributed by atoms with Crippen molar-refractivity contribution in [2.24, 2.45) is 5.92 Å². The molecule has 0 heterocycles. The number of aryl methyl sites for hydroxylation is 1. The summed E-state index contributed by atoms with van der Waals surface area (Å²) in [5.41, 5.74) is 1.21. The van der Waals surface area contributed by atoms with E-state index in [1.54, 1.807) is 6.92 Å². The molecule has 2 rings (SSSR count). The largest absolute Gasteiger partial charge is 0.493 e. The van der Waals surface area contributed by atoms with E-state index in [-0.39, 0.29) is 11.7 Å². The number of hydrogen-bond donors (Lipinski definition) is 0. The highest BCUT2D eigenvalue weighted by atomic mass is 35.5. The molecule has 0 spiro atoms. The predicted octanol–water partition coefficient (Wildman–Crippen LogP) is 6.08. The number of rotatable bonds is 9. The van der Waals surface area contributed by atoms with Crippen molar-refractivity contribution in [1.82, 2.24) is 0 Å². The molecule has 0 unspecified atom stereocenters. The number of ketones is 1. The van der Waals surface area contributed by atoms with E-state index in [0.29, 0.717) is 29.5 Å². The summed E-state index contributed by atoms with van der Waals surface area (Å²) in [7, 11) is 0. The number of halogens is 1. The summed E-state index contributed by atoms with van der Waals surface area (Å²) in [5.74, 6) is 2.49. The van der Waals surface area contributed by atoms with Gasteiger partial charge in [0.1, 0.15) is 23.0 Å². The van der Waals surface area contributed by atoms with Crippen LogP contribution in [0.1, 0.15) is 39.2 Å².